The minimum absolute atomic E-state index is 0.0180. The standard InChI is InChI=1S/C13H17N3O2/c1-2-3-4-5-8-15-12-9-11(10-14)6-7-13(12)16(17)18/h6-7,9,15H,2-5,8H2,1H3. The SMILES string of the molecule is CCCCCCNc1cc(C#N)ccc1[N+](=O)[O-]. The molecule has 1 aromatic carbocycles. The summed E-state index contributed by atoms with van der Waals surface area (Å²) in [6.45, 7) is 2.82. The lowest BCUT2D eigenvalue weighted by atomic mass is 10.1. The van der Waals surface area contributed by atoms with Crippen LogP contribution in [-0.2, 0) is 0 Å². The van der Waals surface area contributed by atoms with Gasteiger partial charge in [-0.05, 0) is 18.6 Å². The van der Waals surface area contributed by atoms with Crippen molar-refractivity contribution < 1.29 is 4.92 Å². The number of hydrogen-bond donors (Lipinski definition) is 1. The summed E-state index contributed by atoms with van der Waals surface area (Å²) in [5.74, 6) is 0. The number of hydrogen-bond acceptors (Lipinski definition) is 4. The van der Waals surface area contributed by atoms with Crippen LogP contribution in [0, 0.1) is 21.4 Å². The van der Waals surface area contributed by atoms with E-state index < -0.39 is 4.92 Å². The predicted molar refractivity (Wildman–Crippen MR) is 70.4 cm³/mol. The first-order valence-electron chi connectivity index (χ1n) is 6.11. The molecule has 0 atom stereocenters. The normalized spacial score (nSPS) is 9.78. The second-order valence-corrected chi connectivity index (χ2v) is 4.09. The van der Waals surface area contributed by atoms with Gasteiger partial charge in [-0.1, -0.05) is 26.2 Å². The van der Waals surface area contributed by atoms with E-state index >= 15 is 0 Å². The molecule has 0 bridgehead atoms. The van der Waals surface area contributed by atoms with Gasteiger partial charge in [0, 0.05) is 12.6 Å². The van der Waals surface area contributed by atoms with Gasteiger partial charge in [0.05, 0.1) is 16.6 Å². The number of benzene rings is 1. The molecule has 0 radical (unpaired) electrons. The maximum absolute atomic E-state index is 10.8. The molecular formula is C13H17N3O2. The van der Waals surface area contributed by atoms with E-state index in [0.717, 1.165) is 19.3 Å². The van der Waals surface area contributed by atoms with Gasteiger partial charge in [0.25, 0.3) is 5.69 Å². The highest BCUT2D eigenvalue weighted by atomic mass is 16.6. The van der Waals surface area contributed by atoms with Gasteiger partial charge < -0.3 is 5.32 Å². The molecule has 0 unspecified atom stereocenters. The molecule has 0 aliphatic carbocycles. The Morgan fingerprint density at radius 1 is 1.39 bits per heavy atom. The lowest BCUT2D eigenvalue weighted by Crippen LogP contribution is -2.04. The molecule has 0 amide bonds. The Labute approximate surface area is 107 Å². The van der Waals surface area contributed by atoms with E-state index in [2.05, 4.69) is 12.2 Å². The van der Waals surface area contributed by atoms with Crippen LogP contribution in [0.5, 0.6) is 0 Å². The van der Waals surface area contributed by atoms with Crippen LogP contribution in [0.15, 0.2) is 18.2 Å². The van der Waals surface area contributed by atoms with Gasteiger partial charge in [0.1, 0.15) is 5.69 Å². The average Bonchev–Trinajstić information content (AvgIpc) is 2.38. The first kappa shape index (κ1) is 14.0. The maximum Gasteiger partial charge on any atom is 0.292 e. The van der Waals surface area contributed by atoms with E-state index in [9.17, 15) is 10.1 Å². The highest BCUT2D eigenvalue weighted by Gasteiger charge is 2.13. The maximum atomic E-state index is 10.8. The summed E-state index contributed by atoms with van der Waals surface area (Å²) < 4.78 is 0. The summed E-state index contributed by atoms with van der Waals surface area (Å²) in [5, 5.41) is 22.7. The number of nitro groups is 1. The topological polar surface area (TPSA) is 79.0 Å². The third-order valence-corrected chi connectivity index (χ3v) is 2.67. The van der Waals surface area contributed by atoms with Crippen LogP contribution in [0.2, 0.25) is 0 Å². The number of rotatable bonds is 7. The molecule has 0 aromatic heterocycles. The summed E-state index contributed by atoms with van der Waals surface area (Å²) in [7, 11) is 0. The van der Waals surface area contributed by atoms with Gasteiger partial charge in [-0.3, -0.25) is 10.1 Å². The highest BCUT2D eigenvalue weighted by molar-refractivity contribution is 5.64. The second-order valence-electron chi connectivity index (χ2n) is 4.09. The summed E-state index contributed by atoms with van der Waals surface area (Å²) in [4.78, 5) is 10.4. The molecule has 0 saturated carbocycles. The van der Waals surface area contributed by atoms with Gasteiger partial charge >= 0.3 is 0 Å². The zero-order valence-electron chi connectivity index (χ0n) is 10.5. The van der Waals surface area contributed by atoms with E-state index in [4.69, 9.17) is 5.26 Å². The van der Waals surface area contributed by atoms with Crippen molar-refractivity contribution in [2.45, 2.75) is 32.6 Å². The molecule has 18 heavy (non-hydrogen) atoms. The van der Waals surface area contributed by atoms with E-state index in [-0.39, 0.29) is 5.69 Å². The number of nitrogens with zero attached hydrogens (tertiary/aromatic N) is 2. The molecule has 5 nitrogen and oxygen atoms in total. The number of anilines is 1. The Bertz CT molecular complexity index is 452. The van der Waals surface area contributed by atoms with Crippen LogP contribution in [0.4, 0.5) is 11.4 Å². The lowest BCUT2D eigenvalue weighted by molar-refractivity contribution is -0.384. The van der Waals surface area contributed by atoms with Gasteiger partial charge in [-0.2, -0.15) is 5.26 Å². The lowest BCUT2D eigenvalue weighted by Gasteiger charge is -2.07. The number of unbranched alkanes of at least 4 members (excludes halogenated alkanes) is 3. The van der Waals surface area contributed by atoms with E-state index in [0.29, 0.717) is 17.8 Å². The zero-order chi connectivity index (χ0) is 13.4. The van der Waals surface area contributed by atoms with Crippen LogP contribution in [0.25, 0.3) is 0 Å². The molecule has 1 aromatic rings. The molecule has 5 heteroatoms. The van der Waals surface area contributed by atoms with E-state index in [1.807, 2.05) is 6.07 Å². The molecular weight excluding hydrogens is 230 g/mol. The molecule has 0 fully saturated rings. The van der Waals surface area contributed by atoms with Crippen LogP contribution >= 0.6 is 0 Å². The zero-order valence-corrected chi connectivity index (χ0v) is 10.5. The molecule has 0 spiro atoms. The van der Waals surface area contributed by atoms with Crippen molar-refractivity contribution >= 4 is 11.4 Å². The van der Waals surface area contributed by atoms with E-state index in [1.165, 1.54) is 24.6 Å². The number of nitrogens with one attached hydrogen (secondary N) is 1. The molecule has 1 N–H and O–H groups in total. The van der Waals surface area contributed by atoms with Crippen LogP contribution in [0.1, 0.15) is 38.2 Å². The first-order chi connectivity index (χ1) is 8.69. The Hall–Kier alpha value is -2.09. The van der Waals surface area contributed by atoms with Crippen molar-refractivity contribution in [3.05, 3.63) is 33.9 Å². The van der Waals surface area contributed by atoms with Crippen molar-refractivity contribution in [3.8, 4) is 6.07 Å². The third kappa shape index (κ3) is 4.06. The fourth-order valence-corrected chi connectivity index (χ4v) is 1.68. The van der Waals surface area contributed by atoms with Crippen LogP contribution < -0.4 is 5.32 Å². The van der Waals surface area contributed by atoms with Crippen LogP contribution in [0.3, 0.4) is 0 Å². The summed E-state index contributed by atoms with van der Waals surface area (Å²) in [5.41, 5.74) is 0.872. The quantitative estimate of drug-likeness (QED) is 0.454. The second kappa shape index (κ2) is 7.28. The fraction of sp³-hybridized carbons (Fsp3) is 0.462. The van der Waals surface area contributed by atoms with Crippen molar-refractivity contribution in [3.63, 3.8) is 0 Å². The minimum atomic E-state index is -0.435. The van der Waals surface area contributed by atoms with Gasteiger partial charge in [-0.25, -0.2) is 0 Å². The Morgan fingerprint density at radius 3 is 2.78 bits per heavy atom. The van der Waals surface area contributed by atoms with Gasteiger partial charge in [0.15, 0.2) is 0 Å². The van der Waals surface area contributed by atoms with Crippen molar-refractivity contribution in [2.24, 2.45) is 0 Å². The molecule has 0 aliphatic heterocycles. The Balaban J connectivity index is 2.67. The van der Waals surface area contributed by atoms with Gasteiger partial charge in [0.2, 0.25) is 0 Å². The Morgan fingerprint density at radius 2 is 2.17 bits per heavy atom. The highest BCUT2D eigenvalue weighted by Crippen LogP contribution is 2.25. The Kier molecular flexibility index (Phi) is 5.65. The summed E-state index contributed by atoms with van der Waals surface area (Å²) in [6.07, 6.45) is 4.41. The van der Waals surface area contributed by atoms with Crippen molar-refractivity contribution in [2.75, 3.05) is 11.9 Å². The molecule has 0 heterocycles. The number of nitro benzene ring substituents is 1. The molecule has 0 saturated heterocycles. The largest absolute Gasteiger partial charge is 0.379 e. The monoisotopic (exact) mass is 247 g/mol. The predicted octanol–water partition coefficient (Wildman–Crippen LogP) is 3.46. The molecule has 96 valence electrons. The fourth-order valence-electron chi connectivity index (χ4n) is 1.68. The molecule has 1 rings (SSSR count). The average molecular weight is 247 g/mol. The summed E-state index contributed by atoms with van der Waals surface area (Å²) >= 11 is 0. The van der Waals surface area contributed by atoms with E-state index in [1.54, 1.807) is 0 Å². The van der Waals surface area contributed by atoms with Crippen LogP contribution in [-0.4, -0.2) is 11.5 Å². The first-order valence-corrected chi connectivity index (χ1v) is 6.11. The molecule has 0 aliphatic rings. The smallest absolute Gasteiger partial charge is 0.292 e. The minimum Gasteiger partial charge on any atom is -0.379 e. The third-order valence-electron chi connectivity index (χ3n) is 2.67. The van der Waals surface area contributed by atoms with Gasteiger partial charge in [-0.15, -0.1) is 0 Å². The summed E-state index contributed by atoms with van der Waals surface area (Å²) in [6, 6.07) is 6.33. The van der Waals surface area contributed by atoms with Crippen molar-refractivity contribution in [1.82, 2.24) is 0 Å². The van der Waals surface area contributed by atoms with Crippen molar-refractivity contribution in [1.29, 1.82) is 5.26 Å². The number of nitriles is 1.